The van der Waals surface area contributed by atoms with Gasteiger partial charge in [0.2, 0.25) is 10.0 Å². The molecule has 1 heterocycles. The Morgan fingerprint density at radius 1 is 0.935 bits per heavy atom. The number of carbonyl (C=O) groups excluding carboxylic acids is 2. The minimum absolute atomic E-state index is 0.193. The molecule has 1 fully saturated rings. The zero-order valence-electron chi connectivity index (χ0n) is 17.4. The smallest absolute Gasteiger partial charge is 0.343 e. The molecule has 1 saturated heterocycles. The van der Waals surface area contributed by atoms with Gasteiger partial charge in [-0.2, -0.15) is 4.31 Å². The van der Waals surface area contributed by atoms with E-state index in [1.807, 2.05) is 0 Å². The zero-order valence-corrected chi connectivity index (χ0v) is 18.2. The molecule has 0 atom stereocenters. The molecular weight excluding hydrogens is 420 g/mol. The van der Waals surface area contributed by atoms with E-state index in [9.17, 15) is 18.0 Å². The lowest BCUT2D eigenvalue weighted by atomic mass is 10.2. The van der Waals surface area contributed by atoms with Gasteiger partial charge >= 0.3 is 5.97 Å². The molecule has 1 aliphatic heterocycles. The van der Waals surface area contributed by atoms with Crippen molar-refractivity contribution in [3.63, 3.8) is 0 Å². The highest BCUT2D eigenvalue weighted by molar-refractivity contribution is 7.89. The second-order valence-corrected chi connectivity index (χ2v) is 9.12. The lowest BCUT2D eigenvalue weighted by molar-refractivity contribution is -0.142. The number of ether oxygens (including phenoxy) is 2. The van der Waals surface area contributed by atoms with Crippen LogP contribution in [0, 0.1) is 0 Å². The van der Waals surface area contributed by atoms with Crippen LogP contribution < -0.4 is 10.1 Å². The normalized spacial score (nSPS) is 15.0. The molecule has 1 amide bonds. The van der Waals surface area contributed by atoms with Gasteiger partial charge < -0.3 is 14.8 Å². The molecule has 0 radical (unpaired) electrons. The fraction of sp³-hybridized carbons (Fsp3) is 0.364. The summed E-state index contributed by atoms with van der Waals surface area (Å²) >= 11 is 0. The highest BCUT2D eigenvalue weighted by Gasteiger charge is 2.25. The summed E-state index contributed by atoms with van der Waals surface area (Å²) in [5, 5.41) is 2.75. The van der Waals surface area contributed by atoms with E-state index in [-0.39, 0.29) is 17.4 Å². The highest BCUT2D eigenvalue weighted by atomic mass is 32.2. The number of amides is 1. The molecule has 9 heteroatoms. The Morgan fingerprint density at radius 3 is 2.13 bits per heavy atom. The van der Waals surface area contributed by atoms with Crippen LogP contribution in [0.3, 0.4) is 0 Å². The maximum atomic E-state index is 12.8. The number of esters is 1. The van der Waals surface area contributed by atoms with E-state index in [4.69, 9.17) is 4.74 Å². The molecule has 0 aliphatic carbocycles. The summed E-state index contributed by atoms with van der Waals surface area (Å²) in [7, 11) is -2.27. The summed E-state index contributed by atoms with van der Waals surface area (Å²) in [6, 6.07) is 12.5. The summed E-state index contributed by atoms with van der Waals surface area (Å²) in [4.78, 5) is 23.8. The predicted octanol–water partition coefficient (Wildman–Crippen LogP) is 3.06. The fourth-order valence-electron chi connectivity index (χ4n) is 3.25. The van der Waals surface area contributed by atoms with Crippen molar-refractivity contribution < 1.29 is 27.5 Å². The minimum Gasteiger partial charge on any atom is -0.482 e. The first-order valence-electron chi connectivity index (χ1n) is 10.1. The summed E-state index contributed by atoms with van der Waals surface area (Å²) in [6.45, 7) is 0.864. The third-order valence-electron chi connectivity index (χ3n) is 5.02. The van der Waals surface area contributed by atoms with Gasteiger partial charge in [-0.1, -0.05) is 12.8 Å². The number of hydrogen-bond donors (Lipinski definition) is 1. The van der Waals surface area contributed by atoms with E-state index < -0.39 is 16.0 Å². The zero-order chi connectivity index (χ0) is 22.3. The number of benzene rings is 2. The molecular formula is C22H26N2O6S. The van der Waals surface area contributed by atoms with E-state index in [2.05, 4.69) is 10.1 Å². The van der Waals surface area contributed by atoms with Gasteiger partial charge in [0.1, 0.15) is 5.75 Å². The summed E-state index contributed by atoms with van der Waals surface area (Å²) in [5.41, 5.74) is 0.887. The second-order valence-electron chi connectivity index (χ2n) is 7.19. The quantitative estimate of drug-likeness (QED) is 0.656. The molecule has 1 aliphatic rings. The Bertz CT molecular complexity index is 995. The SMILES string of the molecule is COC(=O)COc1ccc(NC(=O)c2ccc(S(=O)(=O)N3CCCCCC3)cc2)cc1. The molecule has 0 saturated carbocycles. The first kappa shape index (κ1) is 22.8. The van der Waals surface area contributed by atoms with Gasteiger partial charge in [0.05, 0.1) is 12.0 Å². The third kappa shape index (κ3) is 6.05. The molecule has 166 valence electrons. The van der Waals surface area contributed by atoms with Crippen LogP contribution in [0.15, 0.2) is 53.4 Å². The first-order valence-corrected chi connectivity index (χ1v) is 11.6. The molecule has 1 N–H and O–H groups in total. The van der Waals surface area contributed by atoms with Crippen LogP contribution >= 0.6 is 0 Å². The van der Waals surface area contributed by atoms with E-state index in [1.165, 1.54) is 35.7 Å². The first-order chi connectivity index (χ1) is 14.9. The van der Waals surface area contributed by atoms with Gasteiger partial charge in [0.25, 0.3) is 5.91 Å². The number of anilines is 1. The van der Waals surface area contributed by atoms with Crippen LogP contribution in [0.5, 0.6) is 5.75 Å². The molecule has 2 aromatic carbocycles. The Hall–Kier alpha value is -2.91. The Morgan fingerprint density at radius 2 is 1.55 bits per heavy atom. The van der Waals surface area contributed by atoms with Gasteiger partial charge in [-0.25, -0.2) is 13.2 Å². The number of carbonyl (C=O) groups is 2. The van der Waals surface area contributed by atoms with Crippen molar-refractivity contribution in [1.82, 2.24) is 4.31 Å². The summed E-state index contributed by atoms with van der Waals surface area (Å²) in [6.07, 6.45) is 3.82. The van der Waals surface area contributed by atoms with Crippen LogP contribution in [0.2, 0.25) is 0 Å². The van der Waals surface area contributed by atoms with Gasteiger partial charge in [-0.15, -0.1) is 0 Å². The number of nitrogens with zero attached hydrogens (tertiary/aromatic N) is 1. The third-order valence-corrected chi connectivity index (χ3v) is 6.93. The van der Waals surface area contributed by atoms with E-state index in [0.717, 1.165) is 25.7 Å². The average molecular weight is 447 g/mol. The Kier molecular flexibility index (Phi) is 7.64. The predicted molar refractivity (Wildman–Crippen MR) is 116 cm³/mol. The van der Waals surface area contributed by atoms with Gasteiger partial charge in [0.15, 0.2) is 6.61 Å². The van der Waals surface area contributed by atoms with Crippen LogP contribution in [0.4, 0.5) is 5.69 Å². The highest BCUT2D eigenvalue weighted by Crippen LogP contribution is 2.21. The van der Waals surface area contributed by atoms with E-state index >= 15 is 0 Å². The van der Waals surface area contributed by atoms with Crippen LogP contribution in [-0.2, 0) is 19.6 Å². The molecule has 0 unspecified atom stereocenters. The van der Waals surface area contributed by atoms with Crippen LogP contribution in [0.1, 0.15) is 36.0 Å². The van der Waals surface area contributed by atoms with Gasteiger partial charge in [0, 0.05) is 24.3 Å². The van der Waals surface area contributed by atoms with Crippen molar-refractivity contribution >= 4 is 27.6 Å². The fourth-order valence-corrected chi connectivity index (χ4v) is 4.77. The Balaban J connectivity index is 1.61. The molecule has 8 nitrogen and oxygen atoms in total. The second kappa shape index (κ2) is 10.4. The number of methoxy groups -OCH3 is 1. The van der Waals surface area contributed by atoms with Crippen molar-refractivity contribution in [2.45, 2.75) is 30.6 Å². The maximum Gasteiger partial charge on any atom is 0.343 e. The largest absolute Gasteiger partial charge is 0.482 e. The van der Waals surface area contributed by atoms with E-state index in [0.29, 0.717) is 30.1 Å². The lowest BCUT2D eigenvalue weighted by Crippen LogP contribution is -2.31. The van der Waals surface area contributed by atoms with Gasteiger partial charge in [-0.05, 0) is 61.4 Å². The van der Waals surface area contributed by atoms with Crippen molar-refractivity contribution in [2.24, 2.45) is 0 Å². The molecule has 0 bridgehead atoms. The van der Waals surface area contributed by atoms with Crippen molar-refractivity contribution in [1.29, 1.82) is 0 Å². The molecule has 0 spiro atoms. The van der Waals surface area contributed by atoms with Crippen molar-refractivity contribution in [3.05, 3.63) is 54.1 Å². The number of sulfonamides is 1. The number of nitrogens with one attached hydrogen (secondary N) is 1. The van der Waals surface area contributed by atoms with Crippen LogP contribution in [0.25, 0.3) is 0 Å². The van der Waals surface area contributed by atoms with Crippen LogP contribution in [-0.4, -0.2) is 51.4 Å². The topological polar surface area (TPSA) is 102 Å². The molecule has 3 rings (SSSR count). The standard InChI is InChI=1S/C22H26N2O6S/c1-29-21(25)16-30-19-10-8-18(9-11-19)23-22(26)17-6-12-20(13-7-17)31(27,28)24-14-4-2-3-5-15-24/h6-13H,2-5,14-16H2,1H3,(H,23,26). The molecule has 0 aromatic heterocycles. The number of rotatable bonds is 7. The average Bonchev–Trinajstić information content (AvgIpc) is 3.08. The van der Waals surface area contributed by atoms with Gasteiger partial charge in [-0.3, -0.25) is 4.79 Å². The molecule has 2 aromatic rings. The van der Waals surface area contributed by atoms with E-state index in [1.54, 1.807) is 24.3 Å². The molecule has 31 heavy (non-hydrogen) atoms. The summed E-state index contributed by atoms with van der Waals surface area (Å²) < 4.78 is 37.0. The minimum atomic E-state index is -3.55. The monoisotopic (exact) mass is 446 g/mol. The lowest BCUT2D eigenvalue weighted by Gasteiger charge is -2.20. The van der Waals surface area contributed by atoms with Crippen molar-refractivity contribution in [3.8, 4) is 5.75 Å². The van der Waals surface area contributed by atoms with Crippen molar-refractivity contribution in [2.75, 3.05) is 32.1 Å². The summed E-state index contributed by atoms with van der Waals surface area (Å²) in [5.74, 6) is -0.382. The Labute approximate surface area is 182 Å². The maximum absolute atomic E-state index is 12.8. The number of hydrogen-bond acceptors (Lipinski definition) is 6.